The number of hydrogen-bond donors (Lipinski definition) is 1. The quantitative estimate of drug-likeness (QED) is 0.938. The van der Waals surface area contributed by atoms with Crippen LogP contribution in [0.3, 0.4) is 0 Å². The molecule has 0 amide bonds. The van der Waals surface area contributed by atoms with Crippen molar-refractivity contribution in [2.24, 2.45) is 0 Å². The highest BCUT2D eigenvalue weighted by molar-refractivity contribution is 5.88. The van der Waals surface area contributed by atoms with Crippen LogP contribution in [0.2, 0.25) is 0 Å². The minimum Gasteiger partial charge on any atom is -0.478 e. The second kappa shape index (κ2) is 4.62. The van der Waals surface area contributed by atoms with Crippen LogP contribution >= 0.6 is 0 Å². The van der Waals surface area contributed by atoms with E-state index in [0.717, 1.165) is 25.9 Å². The Hall–Kier alpha value is -2.29. The smallest absolute Gasteiger partial charge is 0.335 e. The van der Waals surface area contributed by atoms with Crippen LogP contribution in [0.1, 0.15) is 33.0 Å². The van der Waals surface area contributed by atoms with Crippen molar-refractivity contribution in [3.8, 4) is 0 Å². The van der Waals surface area contributed by atoms with Crippen molar-refractivity contribution in [1.82, 2.24) is 0 Å². The zero-order chi connectivity index (χ0) is 14.4. The van der Waals surface area contributed by atoms with Gasteiger partial charge < -0.3 is 10.0 Å². The summed E-state index contributed by atoms with van der Waals surface area (Å²) in [4.78, 5) is 13.4. The number of benzene rings is 2. The van der Waals surface area contributed by atoms with Crippen molar-refractivity contribution in [3.05, 3.63) is 64.7 Å². The molecule has 1 aliphatic heterocycles. The highest BCUT2D eigenvalue weighted by Crippen LogP contribution is 2.38. The molecule has 0 bridgehead atoms. The highest BCUT2D eigenvalue weighted by Gasteiger charge is 2.29. The monoisotopic (exact) mass is 279 g/mol. The number of carboxylic acid groups (broad SMARTS) is 1. The summed E-state index contributed by atoms with van der Waals surface area (Å²) in [6.07, 6.45) is 2.11. The lowest BCUT2D eigenvalue weighted by Gasteiger charge is -2.34. The molecule has 1 N–H and O–H groups in total. The van der Waals surface area contributed by atoms with E-state index in [1.54, 1.807) is 6.07 Å². The van der Waals surface area contributed by atoms with E-state index in [0.29, 0.717) is 11.5 Å². The molecule has 0 saturated carbocycles. The van der Waals surface area contributed by atoms with Gasteiger partial charge in [0.15, 0.2) is 0 Å². The third kappa shape index (κ3) is 2.00. The van der Waals surface area contributed by atoms with Gasteiger partial charge in [-0.1, -0.05) is 24.3 Å². The number of rotatable bonds is 3. The van der Waals surface area contributed by atoms with Gasteiger partial charge in [0.2, 0.25) is 0 Å². The molecule has 106 valence electrons. The molecule has 21 heavy (non-hydrogen) atoms. The Balaban J connectivity index is 1.54. The van der Waals surface area contributed by atoms with Crippen LogP contribution in [0.5, 0.6) is 0 Å². The molecule has 1 heterocycles. The van der Waals surface area contributed by atoms with E-state index < -0.39 is 5.97 Å². The van der Waals surface area contributed by atoms with E-state index in [-0.39, 0.29) is 0 Å². The molecule has 0 saturated heterocycles. The first-order chi connectivity index (χ1) is 10.2. The molecule has 0 fully saturated rings. The lowest BCUT2D eigenvalue weighted by atomic mass is 9.77. The van der Waals surface area contributed by atoms with Crippen molar-refractivity contribution < 1.29 is 9.90 Å². The van der Waals surface area contributed by atoms with Gasteiger partial charge in [0.25, 0.3) is 0 Å². The van der Waals surface area contributed by atoms with Crippen molar-refractivity contribution in [2.75, 3.05) is 18.0 Å². The lowest BCUT2D eigenvalue weighted by Crippen LogP contribution is -2.32. The van der Waals surface area contributed by atoms with E-state index in [4.69, 9.17) is 5.11 Å². The molecule has 3 nitrogen and oxygen atoms in total. The first-order valence-electron chi connectivity index (χ1n) is 7.41. The average molecular weight is 279 g/mol. The summed E-state index contributed by atoms with van der Waals surface area (Å²) < 4.78 is 0. The van der Waals surface area contributed by atoms with Gasteiger partial charge in [0.05, 0.1) is 5.56 Å². The van der Waals surface area contributed by atoms with Gasteiger partial charge in [0.1, 0.15) is 0 Å². The summed E-state index contributed by atoms with van der Waals surface area (Å²) in [5, 5.41) is 9.07. The second-order valence-corrected chi connectivity index (χ2v) is 5.94. The van der Waals surface area contributed by atoms with Crippen LogP contribution in [-0.2, 0) is 12.8 Å². The Morgan fingerprint density at radius 2 is 2.05 bits per heavy atom. The summed E-state index contributed by atoms with van der Waals surface area (Å²) in [5.74, 6) is -0.226. The molecule has 0 aromatic heterocycles. The number of anilines is 1. The molecule has 1 unspecified atom stereocenters. The molecule has 2 aromatic carbocycles. The number of carbonyl (C=O) groups is 1. The van der Waals surface area contributed by atoms with Gasteiger partial charge in [-0.2, -0.15) is 0 Å². The third-order valence-electron chi connectivity index (χ3n) is 4.72. The average Bonchev–Trinajstić information content (AvgIpc) is 2.87. The summed E-state index contributed by atoms with van der Waals surface area (Å²) in [6, 6.07) is 14.2. The van der Waals surface area contributed by atoms with Crippen LogP contribution in [0.25, 0.3) is 0 Å². The molecule has 0 radical (unpaired) electrons. The first kappa shape index (κ1) is 12.5. The maximum absolute atomic E-state index is 11.0. The summed E-state index contributed by atoms with van der Waals surface area (Å²) in [5.41, 5.74) is 5.73. The van der Waals surface area contributed by atoms with Crippen molar-refractivity contribution in [1.29, 1.82) is 0 Å². The minimum absolute atomic E-state index is 0.393. The fraction of sp³-hybridized carbons (Fsp3) is 0.278. The van der Waals surface area contributed by atoms with E-state index in [9.17, 15) is 4.79 Å². The number of hydrogen-bond acceptors (Lipinski definition) is 2. The van der Waals surface area contributed by atoms with Gasteiger partial charge in [-0.15, -0.1) is 0 Å². The van der Waals surface area contributed by atoms with E-state index in [1.807, 2.05) is 12.1 Å². The zero-order valence-corrected chi connectivity index (χ0v) is 11.7. The Morgan fingerprint density at radius 3 is 2.86 bits per heavy atom. The highest BCUT2D eigenvalue weighted by atomic mass is 16.4. The van der Waals surface area contributed by atoms with Crippen LogP contribution in [-0.4, -0.2) is 24.2 Å². The first-order valence-corrected chi connectivity index (χ1v) is 7.41. The standard InChI is InChI=1S/C18H17NO2/c20-18(21)14-5-6-17-13(10-14)7-8-19(17)11-15-9-12-3-1-2-4-16(12)15/h1-6,10,15H,7-9,11H2,(H,20,21). The minimum atomic E-state index is -0.843. The molecule has 4 rings (SSSR count). The van der Waals surface area contributed by atoms with Crippen molar-refractivity contribution >= 4 is 11.7 Å². The largest absolute Gasteiger partial charge is 0.478 e. The van der Waals surface area contributed by atoms with E-state index in [1.165, 1.54) is 22.4 Å². The topological polar surface area (TPSA) is 40.5 Å². The van der Waals surface area contributed by atoms with E-state index in [2.05, 4.69) is 29.2 Å². The molecule has 2 aliphatic rings. The lowest BCUT2D eigenvalue weighted by molar-refractivity contribution is 0.0697. The van der Waals surface area contributed by atoms with Crippen molar-refractivity contribution in [2.45, 2.75) is 18.8 Å². The molecule has 0 spiro atoms. The Morgan fingerprint density at radius 1 is 1.19 bits per heavy atom. The number of nitrogens with zero attached hydrogens (tertiary/aromatic N) is 1. The fourth-order valence-electron chi connectivity index (χ4n) is 3.58. The number of aromatic carboxylic acids is 1. The van der Waals surface area contributed by atoms with E-state index >= 15 is 0 Å². The van der Waals surface area contributed by atoms with Crippen molar-refractivity contribution in [3.63, 3.8) is 0 Å². The predicted octanol–water partition coefficient (Wildman–Crippen LogP) is 3.09. The predicted molar refractivity (Wildman–Crippen MR) is 82.2 cm³/mol. The van der Waals surface area contributed by atoms with Crippen LogP contribution in [0.15, 0.2) is 42.5 Å². The maximum atomic E-state index is 11.0. The Kier molecular flexibility index (Phi) is 2.74. The maximum Gasteiger partial charge on any atom is 0.335 e. The van der Waals surface area contributed by atoms with Gasteiger partial charge in [-0.3, -0.25) is 0 Å². The number of carboxylic acids is 1. The molecular formula is C18H17NO2. The molecule has 1 atom stereocenters. The molecular weight excluding hydrogens is 262 g/mol. The summed E-state index contributed by atoms with van der Waals surface area (Å²) in [6.45, 7) is 2.04. The normalized spacial score (nSPS) is 18.9. The van der Waals surface area contributed by atoms with Gasteiger partial charge >= 0.3 is 5.97 Å². The Bertz CT molecular complexity index is 723. The Labute approximate surface area is 123 Å². The van der Waals surface area contributed by atoms with Crippen LogP contribution in [0.4, 0.5) is 5.69 Å². The third-order valence-corrected chi connectivity index (χ3v) is 4.72. The number of fused-ring (bicyclic) bond motifs is 2. The molecule has 1 aliphatic carbocycles. The van der Waals surface area contributed by atoms with Crippen LogP contribution < -0.4 is 4.90 Å². The van der Waals surface area contributed by atoms with Gasteiger partial charge in [0, 0.05) is 24.7 Å². The fourth-order valence-corrected chi connectivity index (χ4v) is 3.58. The zero-order valence-electron chi connectivity index (χ0n) is 11.7. The molecule has 3 heteroatoms. The molecule has 2 aromatic rings. The summed E-state index contributed by atoms with van der Waals surface area (Å²) in [7, 11) is 0. The second-order valence-electron chi connectivity index (χ2n) is 5.94. The van der Waals surface area contributed by atoms with Gasteiger partial charge in [-0.05, 0) is 47.7 Å². The SMILES string of the molecule is O=C(O)c1ccc2c(c1)CCN2CC1Cc2ccccc21. The summed E-state index contributed by atoms with van der Waals surface area (Å²) >= 11 is 0. The van der Waals surface area contributed by atoms with Gasteiger partial charge in [-0.25, -0.2) is 4.79 Å². The van der Waals surface area contributed by atoms with Crippen LogP contribution in [0, 0.1) is 0 Å².